The summed E-state index contributed by atoms with van der Waals surface area (Å²) in [5.74, 6) is -0.0751. The van der Waals surface area contributed by atoms with Gasteiger partial charge in [-0.2, -0.15) is 0 Å². The third kappa shape index (κ3) is 11.0. The van der Waals surface area contributed by atoms with Gasteiger partial charge in [-0.3, -0.25) is 9.98 Å². The first-order chi connectivity index (χ1) is 18.5. The number of nitrogens with zero attached hydrogens (tertiary/aromatic N) is 4. The summed E-state index contributed by atoms with van der Waals surface area (Å²) in [6.45, 7) is 8.75. The minimum Gasteiger partial charge on any atom is -0.353 e. The molecule has 0 aliphatic rings. The van der Waals surface area contributed by atoms with Crippen LogP contribution in [0.1, 0.15) is 33.4 Å². The monoisotopic (exact) mass is 585 g/mol. The number of aliphatic imine (C=N–C) groups is 2. The largest absolute Gasteiger partial charge is 0.353 e. The van der Waals surface area contributed by atoms with Crippen LogP contribution in [0.3, 0.4) is 0 Å². The summed E-state index contributed by atoms with van der Waals surface area (Å²) in [5.41, 5.74) is 2.59. The third-order valence-electron chi connectivity index (χ3n) is 5.20. The molecule has 2 heterocycles. The lowest BCUT2D eigenvalue weighted by Crippen LogP contribution is -2.35. The van der Waals surface area contributed by atoms with Crippen molar-refractivity contribution in [2.45, 2.75) is 37.9 Å². The lowest BCUT2D eigenvalue weighted by Gasteiger charge is -2.29. The Labute approximate surface area is 242 Å². The Bertz CT molecular complexity index is 1410. The number of benzene rings is 1. The number of hydrogen-bond donors (Lipinski definition) is 2. The van der Waals surface area contributed by atoms with Crippen LogP contribution >= 0.6 is 24.0 Å². The standard InChI is InChI=1S/C20H23N3O2S3.C9H16N2/c1-14(2)23(13-28(24,25)19-8-5-9-27-19)18-7-4-6-16-10-17(22-20(16)18)12-21-11-15(3)26;1-4-5-7-10-8-6-9-11(2)3/h4-12,14,22,26H,13H2,1-3H3;4-8H,9H2,1-3H3/b15-11-,21-12?;5-4-,8-6+,10-7-. The molecule has 0 bridgehead atoms. The number of aromatic nitrogens is 1. The van der Waals surface area contributed by atoms with Gasteiger partial charge in [0.2, 0.25) is 9.84 Å². The molecule has 0 radical (unpaired) electrons. The highest BCUT2D eigenvalue weighted by Crippen LogP contribution is 2.30. The number of anilines is 1. The number of H-pyrrole nitrogens is 1. The molecule has 0 fully saturated rings. The van der Waals surface area contributed by atoms with Crippen molar-refractivity contribution in [2.75, 3.05) is 31.4 Å². The molecule has 0 spiro atoms. The van der Waals surface area contributed by atoms with Gasteiger partial charge in [0.1, 0.15) is 10.1 Å². The molecular weight excluding hydrogens is 547 g/mol. The minimum atomic E-state index is -3.41. The van der Waals surface area contributed by atoms with Gasteiger partial charge in [0.25, 0.3) is 0 Å². The van der Waals surface area contributed by atoms with Crippen LogP contribution in [-0.2, 0) is 9.84 Å². The highest BCUT2D eigenvalue weighted by atomic mass is 32.2. The van der Waals surface area contributed by atoms with E-state index in [1.54, 1.807) is 42.3 Å². The van der Waals surface area contributed by atoms with Crippen molar-refractivity contribution in [1.29, 1.82) is 0 Å². The first-order valence-electron chi connectivity index (χ1n) is 12.5. The molecular formula is C29H39N5O2S3. The number of hydrogen-bond acceptors (Lipinski definition) is 8. The van der Waals surface area contributed by atoms with Crippen molar-refractivity contribution in [3.8, 4) is 0 Å². The Balaban J connectivity index is 0.000000411. The second-order valence-corrected chi connectivity index (χ2v) is 13.1. The maximum atomic E-state index is 12.9. The average Bonchev–Trinajstić information content (AvgIpc) is 3.55. The Kier molecular flexibility index (Phi) is 13.5. The number of sulfone groups is 1. The molecule has 39 heavy (non-hydrogen) atoms. The summed E-state index contributed by atoms with van der Waals surface area (Å²) in [5, 5.41) is 2.79. The molecule has 210 valence electrons. The van der Waals surface area contributed by atoms with Gasteiger partial charge in [-0.25, -0.2) is 8.42 Å². The molecule has 10 heteroatoms. The summed E-state index contributed by atoms with van der Waals surface area (Å²) in [6, 6.07) is 11.3. The van der Waals surface area contributed by atoms with E-state index in [0.29, 0.717) is 4.21 Å². The van der Waals surface area contributed by atoms with E-state index < -0.39 is 9.84 Å². The lowest BCUT2D eigenvalue weighted by molar-refractivity contribution is 0.456. The van der Waals surface area contributed by atoms with Crippen LogP contribution in [0.25, 0.3) is 10.9 Å². The molecule has 1 N–H and O–H groups in total. The summed E-state index contributed by atoms with van der Waals surface area (Å²) >= 11 is 5.45. The Morgan fingerprint density at radius 2 is 1.95 bits per heavy atom. The van der Waals surface area contributed by atoms with Crippen molar-refractivity contribution in [1.82, 2.24) is 9.88 Å². The zero-order valence-electron chi connectivity index (χ0n) is 23.4. The normalized spacial score (nSPS) is 13.1. The predicted molar refractivity (Wildman–Crippen MR) is 174 cm³/mol. The SMILES string of the molecule is C/C(S)=C/N=Cc1cc2cccc(N(CS(=O)(=O)c3cccs3)C(C)C)c2[nH]1.C\C=C/C=N\C=C\CN(C)C. The number of rotatable bonds is 11. The summed E-state index contributed by atoms with van der Waals surface area (Å²) in [7, 11) is 0.649. The minimum absolute atomic E-state index is 0.00974. The van der Waals surface area contributed by atoms with E-state index in [4.69, 9.17) is 0 Å². The van der Waals surface area contributed by atoms with E-state index in [2.05, 4.69) is 32.5 Å². The van der Waals surface area contributed by atoms with Crippen molar-refractivity contribution in [2.24, 2.45) is 9.98 Å². The Morgan fingerprint density at radius 3 is 2.56 bits per heavy atom. The molecule has 0 atom stereocenters. The molecule has 7 nitrogen and oxygen atoms in total. The number of aromatic amines is 1. The number of allylic oxidation sites excluding steroid dienone is 3. The molecule has 0 unspecified atom stereocenters. The number of fused-ring (bicyclic) bond motifs is 1. The molecule has 3 aromatic rings. The number of nitrogens with one attached hydrogen (secondary N) is 1. The fourth-order valence-electron chi connectivity index (χ4n) is 3.38. The molecule has 0 aliphatic heterocycles. The summed E-state index contributed by atoms with van der Waals surface area (Å²) in [4.78, 5) is 16.4. The van der Waals surface area contributed by atoms with E-state index in [1.807, 2.05) is 89.2 Å². The quantitative estimate of drug-likeness (QED) is 0.192. The van der Waals surface area contributed by atoms with E-state index in [9.17, 15) is 8.42 Å². The van der Waals surface area contributed by atoms with Gasteiger partial charge in [0.15, 0.2) is 0 Å². The van der Waals surface area contributed by atoms with Crippen molar-refractivity contribution < 1.29 is 8.42 Å². The van der Waals surface area contributed by atoms with Crippen molar-refractivity contribution in [3.05, 3.63) is 83.0 Å². The van der Waals surface area contributed by atoms with Crippen LogP contribution in [0, 0.1) is 0 Å². The van der Waals surface area contributed by atoms with E-state index in [0.717, 1.165) is 33.7 Å². The van der Waals surface area contributed by atoms with E-state index in [1.165, 1.54) is 11.3 Å². The molecule has 0 aliphatic carbocycles. The molecule has 3 rings (SSSR count). The van der Waals surface area contributed by atoms with Crippen LogP contribution in [0.15, 0.2) is 91.5 Å². The third-order valence-corrected chi connectivity index (χ3v) is 8.39. The first kappa shape index (κ1) is 32.3. The Hall–Kier alpha value is -2.92. The van der Waals surface area contributed by atoms with Crippen LogP contribution in [0.4, 0.5) is 5.69 Å². The number of likely N-dealkylation sites (N-methyl/N-ethyl adjacent to an activating group) is 1. The zero-order valence-corrected chi connectivity index (χ0v) is 26.0. The smallest absolute Gasteiger partial charge is 0.205 e. The van der Waals surface area contributed by atoms with E-state index in [-0.39, 0.29) is 11.9 Å². The summed E-state index contributed by atoms with van der Waals surface area (Å²) in [6.07, 6.45) is 12.8. The molecule has 2 aromatic heterocycles. The molecule has 0 saturated carbocycles. The van der Waals surface area contributed by atoms with Crippen molar-refractivity contribution >= 4 is 62.8 Å². The fourth-order valence-corrected chi connectivity index (χ4v) is 6.03. The van der Waals surface area contributed by atoms with Crippen LogP contribution < -0.4 is 4.90 Å². The van der Waals surface area contributed by atoms with Crippen LogP contribution in [-0.4, -0.2) is 63.3 Å². The molecule has 0 amide bonds. The number of thiophene rings is 1. The highest BCUT2D eigenvalue weighted by molar-refractivity contribution is 7.93. The Morgan fingerprint density at radius 1 is 1.18 bits per heavy atom. The predicted octanol–water partition coefficient (Wildman–Crippen LogP) is 6.79. The second kappa shape index (κ2) is 16.2. The number of para-hydroxylation sites is 1. The van der Waals surface area contributed by atoms with Gasteiger partial charge < -0.3 is 14.8 Å². The van der Waals surface area contributed by atoms with Crippen LogP contribution in [0.5, 0.6) is 0 Å². The topological polar surface area (TPSA) is 81.1 Å². The number of thiol groups is 1. The van der Waals surface area contributed by atoms with Gasteiger partial charge in [-0.15, -0.1) is 24.0 Å². The van der Waals surface area contributed by atoms with E-state index >= 15 is 0 Å². The fraction of sp³-hybridized carbons (Fsp3) is 0.310. The molecule has 0 saturated heterocycles. The zero-order chi connectivity index (χ0) is 28.8. The van der Waals surface area contributed by atoms with Gasteiger partial charge in [-0.1, -0.05) is 30.4 Å². The maximum absolute atomic E-state index is 12.9. The first-order valence-corrected chi connectivity index (χ1v) is 15.5. The van der Waals surface area contributed by atoms with Gasteiger partial charge in [-0.05, 0) is 76.4 Å². The van der Waals surface area contributed by atoms with Gasteiger partial charge in [0, 0.05) is 36.6 Å². The maximum Gasteiger partial charge on any atom is 0.205 e. The van der Waals surface area contributed by atoms with Gasteiger partial charge >= 0.3 is 0 Å². The average molecular weight is 586 g/mol. The molecule has 1 aromatic carbocycles. The van der Waals surface area contributed by atoms with Crippen LogP contribution in [0.2, 0.25) is 0 Å². The second-order valence-electron chi connectivity index (χ2n) is 9.23. The summed E-state index contributed by atoms with van der Waals surface area (Å²) < 4.78 is 26.1. The van der Waals surface area contributed by atoms with Gasteiger partial charge in [0.05, 0.1) is 23.1 Å². The highest BCUT2D eigenvalue weighted by Gasteiger charge is 2.24. The lowest BCUT2D eigenvalue weighted by atomic mass is 10.2. The van der Waals surface area contributed by atoms with Crippen molar-refractivity contribution in [3.63, 3.8) is 0 Å².